The van der Waals surface area contributed by atoms with Gasteiger partial charge >= 0.3 is 5.97 Å². The average Bonchev–Trinajstić information content (AvgIpc) is 3.62. The van der Waals surface area contributed by atoms with Gasteiger partial charge in [-0.15, -0.1) is 0 Å². The Hall–Kier alpha value is -4.41. The molecule has 1 atom stereocenters. The number of aromatic nitrogens is 3. The van der Waals surface area contributed by atoms with Crippen LogP contribution in [-0.2, 0) is 12.8 Å². The third-order valence-corrected chi connectivity index (χ3v) is 6.95. The van der Waals surface area contributed by atoms with Crippen molar-refractivity contribution < 1.29 is 28.9 Å². The Morgan fingerprint density at radius 3 is 2.45 bits per heavy atom. The second-order valence-corrected chi connectivity index (χ2v) is 9.22. The number of pyridine rings is 1. The van der Waals surface area contributed by atoms with Crippen molar-refractivity contribution in [2.75, 3.05) is 44.6 Å². The normalized spacial score (nSPS) is 16.2. The van der Waals surface area contributed by atoms with Gasteiger partial charge in [0.25, 0.3) is 0 Å². The van der Waals surface area contributed by atoms with Gasteiger partial charge in [0.15, 0.2) is 17.3 Å². The van der Waals surface area contributed by atoms with Crippen molar-refractivity contribution in [3.8, 4) is 17.2 Å². The minimum absolute atomic E-state index is 0.0493. The molecule has 0 amide bonds. The van der Waals surface area contributed by atoms with Crippen LogP contribution in [0.2, 0.25) is 0 Å². The summed E-state index contributed by atoms with van der Waals surface area (Å²) >= 11 is 0. The zero-order valence-electron chi connectivity index (χ0n) is 21.5. The predicted molar refractivity (Wildman–Crippen MR) is 139 cm³/mol. The van der Waals surface area contributed by atoms with Crippen molar-refractivity contribution in [3.05, 3.63) is 53.0 Å². The van der Waals surface area contributed by atoms with Gasteiger partial charge in [0.1, 0.15) is 11.5 Å². The maximum Gasteiger partial charge on any atom is 0.337 e. The fraction of sp³-hybridized carbons (Fsp3) is 0.370. The Morgan fingerprint density at radius 1 is 1.05 bits per heavy atom. The zero-order valence-corrected chi connectivity index (χ0v) is 21.5. The summed E-state index contributed by atoms with van der Waals surface area (Å²) in [5, 5.41) is 12.5. The van der Waals surface area contributed by atoms with Crippen molar-refractivity contribution in [3.63, 3.8) is 0 Å². The highest BCUT2D eigenvalue weighted by Gasteiger charge is 2.32. The van der Waals surface area contributed by atoms with Crippen LogP contribution in [0.15, 0.2) is 30.5 Å². The second-order valence-electron chi connectivity index (χ2n) is 9.22. The minimum atomic E-state index is -1.08. The van der Waals surface area contributed by atoms with Gasteiger partial charge in [-0.2, -0.15) is 4.98 Å². The van der Waals surface area contributed by atoms with Crippen molar-refractivity contribution in [1.82, 2.24) is 15.0 Å². The topological polar surface area (TPSA) is 136 Å². The first kappa shape index (κ1) is 25.2. The van der Waals surface area contributed by atoms with Gasteiger partial charge in [0.05, 0.1) is 32.6 Å². The van der Waals surface area contributed by atoms with E-state index in [2.05, 4.69) is 10.3 Å². The standard InChI is InChI=1S/C27H29N5O6/c1-36-21-11-17(12-22(37-2)24(21)38-3)29-25-18-5-4-6-19(18)30-27(31-25)32-10-9-16(14-32)23(33)20-8-7-15(13-28-20)26(34)35/h7-8,11-13,16H,4-6,9-10,14H2,1-3H3,(H,34,35)(H,29,30,31). The number of aryl methyl sites for hydroxylation is 1. The number of hydrogen-bond donors (Lipinski definition) is 2. The van der Waals surface area contributed by atoms with E-state index < -0.39 is 5.97 Å². The molecule has 1 aliphatic carbocycles. The van der Waals surface area contributed by atoms with Gasteiger partial charge in [-0.3, -0.25) is 9.78 Å². The Kier molecular flexibility index (Phi) is 6.99. The molecule has 0 radical (unpaired) electrons. The Bertz CT molecular complexity index is 1350. The minimum Gasteiger partial charge on any atom is -0.493 e. The summed E-state index contributed by atoms with van der Waals surface area (Å²) in [5.41, 5.74) is 3.14. The Morgan fingerprint density at radius 2 is 1.82 bits per heavy atom. The molecule has 198 valence electrons. The van der Waals surface area contributed by atoms with Crippen LogP contribution in [0.5, 0.6) is 17.2 Å². The van der Waals surface area contributed by atoms with Gasteiger partial charge in [0.2, 0.25) is 11.7 Å². The molecule has 1 aliphatic heterocycles. The van der Waals surface area contributed by atoms with Crippen LogP contribution in [0.3, 0.4) is 0 Å². The molecule has 1 fully saturated rings. The number of Topliss-reactive ketones (excluding diaryl/α,β-unsaturated/α-hetero) is 1. The molecule has 11 nitrogen and oxygen atoms in total. The quantitative estimate of drug-likeness (QED) is 0.402. The number of hydrogen-bond acceptors (Lipinski definition) is 10. The molecule has 2 aliphatic rings. The number of anilines is 3. The fourth-order valence-electron chi connectivity index (χ4n) is 4.99. The molecular formula is C27H29N5O6. The molecule has 2 N–H and O–H groups in total. The van der Waals surface area contributed by atoms with E-state index in [1.54, 1.807) is 21.3 Å². The number of aromatic carboxylic acids is 1. The summed E-state index contributed by atoms with van der Waals surface area (Å²) in [6.07, 6.45) is 4.59. The van der Waals surface area contributed by atoms with Crippen molar-refractivity contribution in [2.24, 2.45) is 5.92 Å². The molecule has 3 heterocycles. The lowest BCUT2D eigenvalue weighted by Gasteiger charge is -2.20. The van der Waals surface area contributed by atoms with Gasteiger partial charge in [-0.25, -0.2) is 9.78 Å². The Balaban J connectivity index is 1.38. The lowest BCUT2D eigenvalue weighted by atomic mass is 10.0. The molecule has 3 aromatic rings. The maximum atomic E-state index is 13.0. The maximum absolute atomic E-state index is 13.0. The molecule has 0 spiro atoms. The van der Waals surface area contributed by atoms with Crippen LogP contribution in [-0.4, -0.2) is 66.2 Å². The van der Waals surface area contributed by atoms with Crippen LogP contribution < -0.4 is 24.4 Å². The average molecular weight is 520 g/mol. The van der Waals surface area contributed by atoms with Crippen LogP contribution in [0.1, 0.15) is 44.9 Å². The molecule has 1 saturated heterocycles. The van der Waals surface area contributed by atoms with Crippen LogP contribution >= 0.6 is 0 Å². The molecule has 2 aromatic heterocycles. The SMILES string of the molecule is COc1cc(Nc2nc(N3CCC(C(=O)c4ccc(C(=O)O)cn4)C3)nc3c2CCC3)cc(OC)c1OC. The van der Waals surface area contributed by atoms with E-state index in [-0.39, 0.29) is 23.0 Å². The highest BCUT2D eigenvalue weighted by molar-refractivity contribution is 5.97. The first-order valence-corrected chi connectivity index (χ1v) is 12.4. The zero-order chi connectivity index (χ0) is 26.8. The van der Waals surface area contributed by atoms with Crippen LogP contribution in [0.25, 0.3) is 0 Å². The summed E-state index contributed by atoms with van der Waals surface area (Å²) in [6, 6.07) is 6.54. The molecule has 38 heavy (non-hydrogen) atoms. The first-order chi connectivity index (χ1) is 18.4. The number of fused-ring (bicyclic) bond motifs is 1. The van der Waals surface area contributed by atoms with Gasteiger partial charge in [-0.1, -0.05) is 0 Å². The van der Waals surface area contributed by atoms with Crippen molar-refractivity contribution in [1.29, 1.82) is 0 Å². The highest BCUT2D eigenvalue weighted by Crippen LogP contribution is 2.41. The van der Waals surface area contributed by atoms with Crippen molar-refractivity contribution >= 4 is 29.2 Å². The highest BCUT2D eigenvalue weighted by atomic mass is 16.5. The van der Waals surface area contributed by atoms with Gasteiger partial charge in [0, 0.05) is 48.6 Å². The molecular weight excluding hydrogens is 490 g/mol. The number of carbonyl (C=O) groups excluding carboxylic acids is 1. The molecule has 0 bridgehead atoms. The van der Waals surface area contributed by atoms with Crippen molar-refractivity contribution in [2.45, 2.75) is 25.7 Å². The smallest absolute Gasteiger partial charge is 0.337 e. The lowest BCUT2D eigenvalue weighted by molar-refractivity contribution is 0.0695. The third-order valence-electron chi connectivity index (χ3n) is 6.95. The number of ether oxygens (including phenoxy) is 3. The molecule has 11 heteroatoms. The number of rotatable bonds is 9. The van der Waals surface area contributed by atoms with E-state index in [0.717, 1.165) is 42.0 Å². The lowest BCUT2D eigenvalue weighted by Crippen LogP contribution is -2.25. The van der Waals surface area contributed by atoms with E-state index >= 15 is 0 Å². The number of carbonyl (C=O) groups is 2. The number of nitrogens with zero attached hydrogens (tertiary/aromatic N) is 4. The number of ketones is 1. The molecule has 1 aromatic carbocycles. The number of nitrogens with one attached hydrogen (secondary N) is 1. The van der Waals surface area contributed by atoms with E-state index in [9.17, 15) is 9.59 Å². The second kappa shape index (κ2) is 10.5. The van der Waals surface area contributed by atoms with Gasteiger partial charge < -0.3 is 29.5 Å². The molecule has 1 unspecified atom stereocenters. The van der Waals surface area contributed by atoms with Gasteiger partial charge in [-0.05, 0) is 37.8 Å². The third kappa shape index (κ3) is 4.79. The summed E-state index contributed by atoms with van der Waals surface area (Å²) in [7, 11) is 4.71. The monoisotopic (exact) mass is 519 g/mol. The van der Waals surface area contributed by atoms with E-state index in [4.69, 9.17) is 29.3 Å². The van der Waals surface area contributed by atoms with Crippen LogP contribution in [0, 0.1) is 5.92 Å². The van der Waals surface area contributed by atoms with E-state index in [1.807, 2.05) is 17.0 Å². The number of carboxylic acids is 1. The molecule has 0 saturated carbocycles. The summed E-state index contributed by atoms with van der Waals surface area (Å²) < 4.78 is 16.4. The predicted octanol–water partition coefficient (Wildman–Crippen LogP) is 3.54. The number of benzene rings is 1. The molecule has 5 rings (SSSR count). The number of methoxy groups -OCH3 is 3. The van der Waals surface area contributed by atoms with E-state index in [1.165, 1.54) is 18.3 Å². The van der Waals surface area contributed by atoms with Crippen LogP contribution in [0.4, 0.5) is 17.5 Å². The fourth-order valence-corrected chi connectivity index (χ4v) is 4.99. The largest absolute Gasteiger partial charge is 0.493 e. The first-order valence-electron chi connectivity index (χ1n) is 12.4. The summed E-state index contributed by atoms with van der Waals surface area (Å²) in [6.45, 7) is 1.09. The van der Waals surface area contributed by atoms with E-state index in [0.29, 0.717) is 42.7 Å². The number of carboxylic acid groups (broad SMARTS) is 1. The Labute approximate surface area is 219 Å². The summed E-state index contributed by atoms with van der Waals surface area (Å²) in [4.78, 5) is 39.9. The summed E-state index contributed by atoms with van der Waals surface area (Å²) in [5.74, 6) is 1.41.